The van der Waals surface area contributed by atoms with Crippen molar-refractivity contribution in [3.05, 3.63) is 59.5 Å². The molecule has 7 nitrogen and oxygen atoms in total. The molecule has 0 fully saturated rings. The van der Waals surface area contributed by atoms with E-state index >= 15 is 0 Å². The van der Waals surface area contributed by atoms with Crippen LogP contribution < -0.4 is 10.9 Å². The van der Waals surface area contributed by atoms with Gasteiger partial charge in [-0.05, 0) is 19.1 Å². The minimum atomic E-state index is -0.409. The molecule has 3 aromatic rings. The maximum Gasteiger partial charge on any atom is 0.262 e. The van der Waals surface area contributed by atoms with Crippen LogP contribution in [0.2, 0.25) is 0 Å². The summed E-state index contributed by atoms with van der Waals surface area (Å²) in [5.74, 6) is -0.149. The van der Waals surface area contributed by atoms with Crippen molar-refractivity contribution in [3.63, 3.8) is 0 Å². The summed E-state index contributed by atoms with van der Waals surface area (Å²) >= 11 is 1.18. The fourth-order valence-corrected chi connectivity index (χ4v) is 3.07. The van der Waals surface area contributed by atoms with Crippen LogP contribution in [0.25, 0.3) is 16.7 Å². The SMILES string of the molecule is C=CCNC(=O)C(C)Sc1nc2c(cnn2-c2ccccc2)c(=O)[nH]1. The van der Waals surface area contributed by atoms with Crippen LogP contribution in [-0.4, -0.2) is 37.5 Å². The van der Waals surface area contributed by atoms with E-state index in [1.807, 2.05) is 30.3 Å². The molecule has 2 heterocycles. The van der Waals surface area contributed by atoms with Gasteiger partial charge in [0.05, 0.1) is 17.1 Å². The Labute approximate surface area is 148 Å². The smallest absolute Gasteiger partial charge is 0.262 e. The van der Waals surface area contributed by atoms with E-state index in [4.69, 9.17) is 0 Å². The van der Waals surface area contributed by atoms with Gasteiger partial charge in [-0.1, -0.05) is 36.0 Å². The third-order valence-electron chi connectivity index (χ3n) is 3.50. The van der Waals surface area contributed by atoms with Gasteiger partial charge in [0.2, 0.25) is 5.91 Å². The summed E-state index contributed by atoms with van der Waals surface area (Å²) < 4.78 is 1.61. The Morgan fingerprint density at radius 3 is 2.92 bits per heavy atom. The highest BCUT2D eigenvalue weighted by atomic mass is 32.2. The van der Waals surface area contributed by atoms with Crippen LogP contribution in [0, 0.1) is 0 Å². The van der Waals surface area contributed by atoms with Gasteiger partial charge in [-0.2, -0.15) is 5.10 Å². The second-order valence-corrected chi connectivity index (χ2v) is 6.62. The van der Waals surface area contributed by atoms with Crippen molar-refractivity contribution < 1.29 is 4.79 Å². The minimum Gasteiger partial charge on any atom is -0.352 e. The number of nitrogens with zero attached hydrogens (tertiary/aromatic N) is 3. The average Bonchev–Trinajstić information content (AvgIpc) is 3.04. The summed E-state index contributed by atoms with van der Waals surface area (Å²) in [4.78, 5) is 31.5. The van der Waals surface area contributed by atoms with Crippen molar-refractivity contribution in [2.24, 2.45) is 0 Å². The fourth-order valence-electron chi connectivity index (χ4n) is 2.25. The van der Waals surface area contributed by atoms with Gasteiger partial charge in [-0.3, -0.25) is 9.59 Å². The normalized spacial score (nSPS) is 12.0. The molecule has 1 aromatic carbocycles. The number of nitrogens with one attached hydrogen (secondary N) is 2. The van der Waals surface area contributed by atoms with Crippen molar-refractivity contribution in [2.45, 2.75) is 17.3 Å². The quantitative estimate of drug-likeness (QED) is 0.400. The lowest BCUT2D eigenvalue weighted by atomic mass is 10.3. The van der Waals surface area contributed by atoms with E-state index in [9.17, 15) is 9.59 Å². The Kier molecular flexibility index (Phi) is 4.99. The summed E-state index contributed by atoms with van der Waals surface area (Å²) in [6, 6.07) is 9.44. The highest BCUT2D eigenvalue weighted by molar-refractivity contribution is 8.00. The first-order valence-corrected chi connectivity index (χ1v) is 8.57. The maximum atomic E-state index is 12.3. The number of amides is 1. The van der Waals surface area contributed by atoms with Crippen LogP contribution in [0.15, 0.2) is 59.1 Å². The molecule has 0 aliphatic heterocycles. The van der Waals surface area contributed by atoms with E-state index in [0.29, 0.717) is 22.7 Å². The molecule has 0 aliphatic carbocycles. The van der Waals surface area contributed by atoms with E-state index in [1.54, 1.807) is 17.7 Å². The Bertz CT molecular complexity index is 964. The number of benzene rings is 1. The third kappa shape index (κ3) is 3.63. The van der Waals surface area contributed by atoms with Crippen molar-refractivity contribution in [3.8, 4) is 5.69 Å². The molecule has 0 saturated carbocycles. The second kappa shape index (κ2) is 7.35. The number of hydrogen-bond acceptors (Lipinski definition) is 5. The Hall–Kier alpha value is -2.87. The zero-order valence-electron chi connectivity index (χ0n) is 13.6. The zero-order valence-corrected chi connectivity index (χ0v) is 14.4. The molecule has 1 amide bonds. The summed E-state index contributed by atoms with van der Waals surface area (Å²) in [5.41, 5.74) is 0.979. The van der Waals surface area contributed by atoms with Gasteiger partial charge in [0.1, 0.15) is 5.39 Å². The van der Waals surface area contributed by atoms with Gasteiger partial charge in [0.25, 0.3) is 5.56 Å². The lowest BCUT2D eigenvalue weighted by molar-refractivity contribution is -0.120. The van der Waals surface area contributed by atoms with Crippen LogP contribution in [0.4, 0.5) is 0 Å². The van der Waals surface area contributed by atoms with E-state index in [-0.39, 0.29) is 11.5 Å². The zero-order chi connectivity index (χ0) is 17.8. The topological polar surface area (TPSA) is 92.7 Å². The van der Waals surface area contributed by atoms with E-state index in [1.165, 1.54) is 18.0 Å². The van der Waals surface area contributed by atoms with E-state index in [2.05, 4.69) is 27.0 Å². The summed E-state index contributed by atoms with van der Waals surface area (Å²) in [7, 11) is 0. The van der Waals surface area contributed by atoms with Gasteiger partial charge in [0.15, 0.2) is 10.8 Å². The predicted molar refractivity (Wildman–Crippen MR) is 98.0 cm³/mol. The molecule has 8 heteroatoms. The molecule has 0 saturated heterocycles. The standard InChI is InChI=1S/C17H17N5O2S/c1-3-9-18-15(23)11(2)25-17-20-14-13(16(24)21-17)10-19-22(14)12-7-5-4-6-8-12/h3-8,10-11H,1,9H2,2H3,(H,18,23)(H,20,21,24). The number of carbonyl (C=O) groups is 1. The molecular formula is C17H17N5O2S. The highest BCUT2D eigenvalue weighted by Gasteiger charge is 2.17. The van der Waals surface area contributed by atoms with Crippen LogP contribution >= 0.6 is 11.8 Å². The van der Waals surface area contributed by atoms with Gasteiger partial charge in [-0.25, -0.2) is 9.67 Å². The number of aromatic nitrogens is 4. The highest BCUT2D eigenvalue weighted by Crippen LogP contribution is 2.21. The number of rotatable bonds is 6. The summed E-state index contributed by atoms with van der Waals surface area (Å²) in [5, 5.41) is 7.34. The summed E-state index contributed by atoms with van der Waals surface area (Å²) in [6.07, 6.45) is 3.10. The third-order valence-corrected chi connectivity index (χ3v) is 4.48. The van der Waals surface area contributed by atoms with Crippen LogP contribution in [0.1, 0.15) is 6.92 Å². The van der Waals surface area contributed by atoms with E-state index in [0.717, 1.165) is 5.69 Å². The van der Waals surface area contributed by atoms with Crippen molar-refractivity contribution >= 4 is 28.7 Å². The molecule has 0 spiro atoms. The maximum absolute atomic E-state index is 12.3. The first-order valence-electron chi connectivity index (χ1n) is 7.69. The number of carbonyl (C=O) groups excluding carboxylic acids is 1. The average molecular weight is 355 g/mol. The lowest BCUT2D eigenvalue weighted by Gasteiger charge is -2.10. The van der Waals surface area contributed by atoms with Crippen LogP contribution in [-0.2, 0) is 4.79 Å². The van der Waals surface area contributed by atoms with Gasteiger partial charge in [-0.15, -0.1) is 6.58 Å². The number of thioether (sulfide) groups is 1. The monoisotopic (exact) mass is 355 g/mol. The molecule has 1 atom stereocenters. The fraction of sp³-hybridized carbons (Fsp3) is 0.176. The summed E-state index contributed by atoms with van der Waals surface area (Å²) in [6.45, 7) is 5.71. The number of hydrogen-bond donors (Lipinski definition) is 2. The molecule has 128 valence electrons. The predicted octanol–water partition coefficient (Wildman–Crippen LogP) is 1.89. The molecule has 1 unspecified atom stereocenters. The largest absolute Gasteiger partial charge is 0.352 e. The molecule has 2 N–H and O–H groups in total. The molecule has 25 heavy (non-hydrogen) atoms. The van der Waals surface area contributed by atoms with Crippen LogP contribution in [0.3, 0.4) is 0 Å². The van der Waals surface area contributed by atoms with Crippen molar-refractivity contribution in [2.75, 3.05) is 6.54 Å². The number of H-pyrrole nitrogens is 1. The van der Waals surface area contributed by atoms with Crippen LogP contribution in [0.5, 0.6) is 0 Å². The molecular weight excluding hydrogens is 338 g/mol. The molecule has 2 aromatic heterocycles. The molecule has 0 aliphatic rings. The molecule has 0 bridgehead atoms. The molecule has 0 radical (unpaired) electrons. The first-order chi connectivity index (χ1) is 12.1. The number of para-hydroxylation sites is 1. The Morgan fingerprint density at radius 2 is 2.20 bits per heavy atom. The van der Waals surface area contributed by atoms with E-state index < -0.39 is 5.25 Å². The number of fused-ring (bicyclic) bond motifs is 1. The Balaban J connectivity index is 1.94. The Morgan fingerprint density at radius 1 is 1.44 bits per heavy atom. The first kappa shape index (κ1) is 17.0. The van der Waals surface area contributed by atoms with Gasteiger partial charge >= 0.3 is 0 Å². The van der Waals surface area contributed by atoms with Crippen molar-refractivity contribution in [1.29, 1.82) is 0 Å². The van der Waals surface area contributed by atoms with Crippen molar-refractivity contribution in [1.82, 2.24) is 25.1 Å². The minimum absolute atomic E-state index is 0.149. The lowest BCUT2D eigenvalue weighted by Crippen LogP contribution is -2.31. The van der Waals surface area contributed by atoms with Gasteiger partial charge < -0.3 is 10.3 Å². The van der Waals surface area contributed by atoms with Gasteiger partial charge in [0, 0.05) is 6.54 Å². The number of aromatic amines is 1. The second-order valence-electron chi connectivity index (χ2n) is 5.29. The molecule has 3 rings (SSSR count).